The molecule has 0 atom stereocenters. The highest BCUT2D eigenvalue weighted by Gasteiger charge is 2.50. The van der Waals surface area contributed by atoms with Crippen molar-refractivity contribution in [2.45, 2.75) is 117 Å². The van der Waals surface area contributed by atoms with Crippen molar-refractivity contribution in [3.63, 3.8) is 0 Å². The Hall–Kier alpha value is -1.34. The van der Waals surface area contributed by atoms with Gasteiger partial charge in [0.05, 0.1) is 0 Å². The summed E-state index contributed by atoms with van der Waals surface area (Å²) in [5, 5.41) is 15.0. The normalized spacial score (nSPS) is 21.4. The Morgan fingerprint density at radius 2 is 0.897 bits per heavy atom. The fraction of sp³-hybridized carbons (Fsp3) is 0.909. The van der Waals surface area contributed by atoms with Crippen molar-refractivity contribution in [3.8, 4) is 0 Å². The Labute approximate surface area is 175 Å². The maximum Gasteiger partial charge on any atom is 0.516 e. The molecular formula is C22H40O7. The summed E-state index contributed by atoms with van der Waals surface area (Å²) in [6, 6.07) is 0. The van der Waals surface area contributed by atoms with Crippen LogP contribution in [0.5, 0.6) is 0 Å². The Morgan fingerprint density at radius 3 is 1.07 bits per heavy atom. The van der Waals surface area contributed by atoms with Gasteiger partial charge in [0, 0.05) is 0 Å². The van der Waals surface area contributed by atoms with Crippen molar-refractivity contribution in [2.75, 3.05) is 0 Å². The minimum Gasteiger partial charge on any atom is -0.449 e. The number of rotatable bonds is 3. The highest BCUT2D eigenvalue weighted by atomic mass is 17.2. The molecule has 7 nitrogen and oxygen atoms in total. The van der Waals surface area contributed by atoms with Gasteiger partial charge in [0.25, 0.3) is 0 Å². The third kappa shape index (κ3) is 7.14. The molecule has 0 aliphatic heterocycles. The van der Waals surface area contributed by atoms with Crippen LogP contribution in [0, 0.1) is 10.8 Å². The van der Waals surface area contributed by atoms with Gasteiger partial charge in [0.2, 0.25) is 0 Å². The van der Waals surface area contributed by atoms with Crippen LogP contribution in [0.1, 0.15) is 106 Å². The van der Waals surface area contributed by atoms with E-state index in [-0.39, 0.29) is 22.0 Å². The van der Waals surface area contributed by atoms with Crippen LogP contribution in [0.2, 0.25) is 0 Å². The first-order chi connectivity index (χ1) is 13.2. The maximum atomic E-state index is 9.21. The first kappa shape index (κ1) is 25.7. The SMILES string of the molecule is CC(C)(C)C1(OOC2(C(C)(C)C)CCCCC2)CCCCC1.O=C(O)OC(=O)O. The second-order valence-electron chi connectivity index (χ2n) is 10.4. The summed E-state index contributed by atoms with van der Waals surface area (Å²) < 4.78 is 3.08. The number of ether oxygens (including phenoxy) is 1. The van der Waals surface area contributed by atoms with Gasteiger partial charge in [-0.05, 0) is 36.5 Å². The Bertz CT molecular complexity index is 482. The van der Waals surface area contributed by atoms with Crippen molar-refractivity contribution in [3.05, 3.63) is 0 Å². The Morgan fingerprint density at radius 1 is 0.621 bits per heavy atom. The van der Waals surface area contributed by atoms with Crippen LogP contribution >= 0.6 is 0 Å². The molecule has 29 heavy (non-hydrogen) atoms. The van der Waals surface area contributed by atoms with Crippen LogP contribution in [0.25, 0.3) is 0 Å². The van der Waals surface area contributed by atoms with E-state index in [0.29, 0.717) is 0 Å². The first-order valence-electron chi connectivity index (χ1n) is 10.8. The molecule has 2 aliphatic carbocycles. The average Bonchev–Trinajstić information content (AvgIpc) is 2.59. The third-order valence-corrected chi connectivity index (χ3v) is 6.59. The smallest absolute Gasteiger partial charge is 0.449 e. The molecule has 0 aromatic rings. The summed E-state index contributed by atoms with van der Waals surface area (Å²) in [6.07, 6.45) is 8.66. The topological polar surface area (TPSA) is 102 Å². The van der Waals surface area contributed by atoms with E-state index in [1.807, 2.05) is 0 Å². The fourth-order valence-corrected chi connectivity index (χ4v) is 4.40. The Kier molecular flexibility index (Phi) is 8.96. The van der Waals surface area contributed by atoms with Crippen LogP contribution in [0.3, 0.4) is 0 Å². The second-order valence-corrected chi connectivity index (χ2v) is 10.4. The van der Waals surface area contributed by atoms with Gasteiger partial charge in [-0.1, -0.05) is 80.1 Å². The van der Waals surface area contributed by atoms with Gasteiger partial charge in [-0.15, -0.1) is 0 Å². The van der Waals surface area contributed by atoms with E-state index in [4.69, 9.17) is 20.0 Å². The summed E-state index contributed by atoms with van der Waals surface area (Å²) in [5.41, 5.74) is 0.0320. The van der Waals surface area contributed by atoms with Gasteiger partial charge < -0.3 is 14.9 Å². The molecule has 0 amide bonds. The first-order valence-corrected chi connectivity index (χ1v) is 10.8. The fourth-order valence-electron chi connectivity index (χ4n) is 4.40. The monoisotopic (exact) mass is 416 g/mol. The molecule has 0 aromatic heterocycles. The minimum atomic E-state index is -1.81. The summed E-state index contributed by atoms with van der Waals surface area (Å²) in [6.45, 7) is 13.9. The standard InChI is InChI=1S/C20H38O2.C2H2O5/c1-17(2,3)19(13-9-7-10-14-19)21-22-20(18(4,5)6)15-11-8-12-16-20;3-1(4)7-2(5)6/h7-16H2,1-6H3;(H,3,4)(H,5,6). The largest absolute Gasteiger partial charge is 0.516 e. The van der Waals surface area contributed by atoms with Crippen molar-refractivity contribution in [1.82, 2.24) is 0 Å². The molecule has 0 unspecified atom stereocenters. The molecular weight excluding hydrogens is 376 g/mol. The molecule has 0 heterocycles. The van der Waals surface area contributed by atoms with Crippen molar-refractivity contribution in [2.24, 2.45) is 10.8 Å². The molecule has 2 saturated carbocycles. The van der Waals surface area contributed by atoms with E-state index < -0.39 is 12.3 Å². The lowest BCUT2D eigenvalue weighted by atomic mass is 9.67. The average molecular weight is 417 g/mol. The van der Waals surface area contributed by atoms with Crippen LogP contribution < -0.4 is 0 Å². The highest BCUT2D eigenvalue weighted by molar-refractivity contribution is 5.74. The van der Waals surface area contributed by atoms with Crippen LogP contribution in [-0.2, 0) is 14.5 Å². The van der Waals surface area contributed by atoms with Gasteiger partial charge in [-0.3, -0.25) is 0 Å². The molecule has 0 bridgehead atoms. The zero-order valence-electron chi connectivity index (χ0n) is 19.0. The number of hydrogen-bond acceptors (Lipinski definition) is 5. The molecule has 7 heteroatoms. The summed E-state index contributed by atoms with van der Waals surface area (Å²) in [5.74, 6) is 0. The Balaban J connectivity index is 0.000000516. The molecule has 0 radical (unpaired) electrons. The van der Waals surface area contributed by atoms with Gasteiger partial charge in [0.15, 0.2) is 0 Å². The van der Waals surface area contributed by atoms with E-state index in [0.717, 1.165) is 25.7 Å². The lowest BCUT2D eigenvalue weighted by Gasteiger charge is -2.51. The minimum absolute atomic E-state index is 0.110. The van der Waals surface area contributed by atoms with Crippen molar-refractivity contribution in [1.29, 1.82) is 0 Å². The van der Waals surface area contributed by atoms with E-state index in [1.165, 1.54) is 38.5 Å². The van der Waals surface area contributed by atoms with Crippen molar-refractivity contribution >= 4 is 12.3 Å². The zero-order valence-corrected chi connectivity index (χ0v) is 19.0. The molecule has 2 N–H and O–H groups in total. The summed E-state index contributed by atoms with van der Waals surface area (Å²) in [4.78, 5) is 31.2. The lowest BCUT2D eigenvalue weighted by molar-refractivity contribution is -0.453. The maximum absolute atomic E-state index is 9.21. The van der Waals surface area contributed by atoms with E-state index in [1.54, 1.807) is 0 Å². The van der Waals surface area contributed by atoms with Crippen molar-refractivity contribution < 1.29 is 34.3 Å². The zero-order chi connectivity index (χ0) is 22.3. The molecule has 2 rings (SSSR count). The number of hydrogen-bond donors (Lipinski definition) is 2. The van der Waals surface area contributed by atoms with Crippen LogP contribution in [0.4, 0.5) is 9.59 Å². The summed E-state index contributed by atoms with van der Waals surface area (Å²) in [7, 11) is 0. The molecule has 0 saturated heterocycles. The summed E-state index contributed by atoms with van der Waals surface area (Å²) >= 11 is 0. The van der Waals surface area contributed by atoms with Gasteiger partial charge in [0.1, 0.15) is 11.2 Å². The van der Waals surface area contributed by atoms with E-state index in [2.05, 4.69) is 46.3 Å². The molecule has 2 fully saturated rings. The van der Waals surface area contributed by atoms with Gasteiger partial charge in [-0.25, -0.2) is 19.4 Å². The third-order valence-electron chi connectivity index (χ3n) is 6.59. The van der Waals surface area contributed by atoms with Crippen LogP contribution in [-0.4, -0.2) is 33.7 Å². The van der Waals surface area contributed by atoms with E-state index >= 15 is 0 Å². The number of carboxylic acid groups (broad SMARTS) is 2. The molecule has 170 valence electrons. The molecule has 0 aromatic carbocycles. The molecule has 0 spiro atoms. The predicted octanol–water partition coefficient (Wildman–Crippen LogP) is 6.79. The quantitative estimate of drug-likeness (QED) is 0.226. The lowest BCUT2D eigenvalue weighted by Crippen LogP contribution is -2.53. The highest BCUT2D eigenvalue weighted by Crippen LogP contribution is 2.50. The van der Waals surface area contributed by atoms with Gasteiger partial charge >= 0.3 is 12.3 Å². The second kappa shape index (κ2) is 10.1. The predicted molar refractivity (Wildman–Crippen MR) is 110 cm³/mol. The van der Waals surface area contributed by atoms with Gasteiger partial charge in [-0.2, -0.15) is 0 Å². The van der Waals surface area contributed by atoms with E-state index in [9.17, 15) is 9.59 Å². The number of carbonyl (C=O) groups is 2. The molecule has 2 aliphatic rings. The van der Waals surface area contributed by atoms with Crippen LogP contribution in [0.15, 0.2) is 0 Å².